The summed E-state index contributed by atoms with van der Waals surface area (Å²) in [6, 6.07) is -0.558. The largest absolute Gasteiger partial charge is 0.382 e. The van der Waals surface area contributed by atoms with Crippen molar-refractivity contribution in [2.75, 3.05) is 13.1 Å². The fourth-order valence-electron chi connectivity index (χ4n) is 3.31. The Morgan fingerprint density at radius 1 is 1.15 bits per heavy atom. The average molecular weight is 371 g/mol. The van der Waals surface area contributed by atoms with Gasteiger partial charge in [0.15, 0.2) is 0 Å². The first kappa shape index (κ1) is 22.4. The molecule has 8 heteroatoms. The number of hydroxylamine groups is 1. The zero-order valence-corrected chi connectivity index (χ0v) is 15.9. The number of likely N-dealkylation sites (tertiary alicyclic amines) is 1. The predicted octanol–water partition coefficient (Wildman–Crippen LogP) is 0.957. The number of carbonyl (C=O) groups excluding carboxylic acids is 3. The maximum Gasteiger partial charge on any atom is 0.272 e. The number of carbonyl (C=O) groups is 3. The third kappa shape index (κ3) is 6.25. The van der Waals surface area contributed by atoms with E-state index < -0.39 is 29.9 Å². The second-order valence-electron chi connectivity index (χ2n) is 6.86. The maximum atomic E-state index is 12.9. The molecule has 0 radical (unpaired) electrons. The van der Waals surface area contributed by atoms with E-state index >= 15 is 0 Å². The second-order valence-corrected chi connectivity index (χ2v) is 6.86. The second kappa shape index (κ2) is 11.9. The molecule has 0 aromatic rings. The van der Waals surface area contributed by atoms with E-state index in [4.69, 9.17) is 5.21 Å². The molecule has 3 atom stereocenters. The molecule has 1 aliphatic rings. The van der Waals surface area contributed by atoms with Gasteiger partial charge >= 0.3 is 0 Å². The molecule has 8 nitrogen and oxygen atoms in total. The first-order valence-corrected chi connectivity index (χ1v) is 9.68. The Labute approximate surface area is 155 Å². The fraction of sp³-hybridized carbons (Fsp3) is 0.833. The van der Waals surface area contributed by atoms with Gasteiger partial charge < -0.3 is 15.3 Å². The zero-order valence-electron chi connectivity index (χ0n) is 15.9. The highest BCUT2D eigenvalue weighted by molar-refractivity contribution is 5.92. The van der Waals surface area contributed by atoms with Gasteiger partial charge in [-0.1, -0.05) is 39.5 Å². The van der Waals surface area contributed by atoms with Gasteiger partial charge in [-0.3, -0.25) is 19.6 Å². The molecule has 4 N–H and O–H groups in total. The summed E-state index contributed by atoms with van der Waals surface area (Å²) >= 11 is 0. The van der Waals surface area contributed by atoms with Gasteiger partial charge in [0.25, 0.3) is 5.91 Å². The normalized spacial score (nSPS) is 19.1. The van der Waals surface area contributed by atoms with E-state index in [9.17, 15) is 19.5 Å². The highest BCUT2D eigenvalue weighted by Crippen LogP contribution is 2.24. The van der Waals surface area contributed by atoms with Crippen LogP contribution in [0.1, 0.15) is 65.2 Å². The van der Waals surface area contributed by atoms with Crippen molar-refractivity contribution in [3.05, 3.63) is 0 Å². The number of nitrogens with zero attached hydrogens (tertiary/aromatic N) is 1. The van der Waals surface area contributed by atoms with E-state index in [1.165, 1.54) is 10.4 Å². The van der Waals surface area contributed by atoms with Crippen molar-refractivity contribution in [2.45, 2.75) is 77.4 Å². The van der Waals surface area contributed by atoms with Crippen LogP contribution in [0.2, 0.25) is 0 Å². The van der Waals surface area contributed by atoms with Crippen molar-refractivity contribution in [2.24, 2.45) is 5.92 Å². The number of hydrogen-bond donors (Lipinski definition) is 4. The number of nitrogens with one attached hydrogen (secondary N) is 2. The van der Waals surface area contributed by atoms with Crippen LogP contribution < -0.4 is 10.8 Å². The molecule has 1 rings (SSSR count). The van der Waals surface area contributed by atoms with Gasteiger partial charge in [-0.05, 0) is 25.7 Å². The molecule has 0 spiro atoms. The number of aliphatic hydroxyl groups excluding tert-OH is 1. The lowest BCUT2D eigenvalue weighted by Gasteiger charge is -2.30. The van der Waals surface area contributed by atoms with Gasteiger partial charge in [0.1, 0.15) is 12.1 Å². The molecule has 0 bridgehead atoms. The summed E-state index contributed by atoms with van der Waals surface area (Å²) < 4.78 is 0. The van der Waals surface area contributed by atoms with Crippen LogP contribution in [0.15, 0.2) is 0 Å². The molecule has 0 aromatic heterocycles. The Balaban J connectivity index is 2.77. The molecule has 0 aromatic carbocycles. The number of hydrogen-bond acceptors (Lipinski definition) is 5. The van der Waals surface area contributed by atoms with Crippen molar-refractivity contribution in [3.63, 3.8) is 0 Å². The molecular formula is C18H33N3O5. The van der Waals surface area contributed by atoms with E-state index in [1.54, 1.807) is 0 Å². The lowest BCUT2D eigenvalue weighted by Crippen LogP contribution is -2.51. The first-order chi connectivity index (χ1) is 12.5. The Morgan fingerprint density at radius 2 is 1.85 bits per heavy atom. The smallest absolute Gasteiger partial charge is 0.272 e. The van der Waals surface area contributed by atoms with Crippen LogP contribution in [-0.2, 0) is 14.4 Å². The van der Waals surface area contributed by atoms with Gasteiger partial charge in [-0.25, -0.2) is 5.48 Å². The van der Waals surface area contributed by atoms with E-state index in [1.807, 2.05) is 6.92 Å². The minimum atomic E-state index is -1.63. The van der Waals surface area contributed by atoms with Gasteiger partial charge in [-0.2, -0.15) is 0 Å². The minimum absolute atomic E-state index is 0.178. The van der Waals surface area contributed by atoms with Crippen LogP contribution in [0.5, 0.6) is 0 Å². The van der Waals surface area contributed by atoms with Crippen molar-refractivity contribution >= 4 is 17.7 Å². The first-order valence-electron chi connectivity index (χ1n) is 9.68. The molecule has 0 saturated carbocycles. The van der Waals surface area contributed by atoms with Crippen LogP contribution in [0, 0.1) is 5.92 Å². The Bertz CT molecular complexity index is 472. The average Bonchev–Trinajstić information content (AvgIpc) is 3.14. The summed E-state index contributed by atoms with van der Waals surface area (Å²) in [5.41, 5.74) is 1.40. The molecule has 1 heterocycles. The van der Waals surface area contributed by atoms with Crippen molar-refractivity contribution in [3.8, 4) is 0 Å². The number of rotatable bonds is 11. The molecule has 1 aliphatic heterocycles. The lowest BCUT2D eigenvalue weighted by molar-refractivity contribution is -0.152. The van der Waals surface area contributed by atoms with E-state index in [0.717, 1.165) is 25.7 Å². The standard InChI is InChI=1S/C18H33N3O5/c1-3-5-7-11-19-16(23)14-10-8-12-21(14)18(25)13(9-6-4-2)15(22)17(24)20-26/h13-15,22,26H,3-12H2,1-2H3,(H,19,23)(H,20,24)/t13-,14+,15+/m1/s1. The molecule has 3 amide bonds. The van der Waals surface area contributed by atoms with Crippen molar-refractivity contribution in [1.82, 2.24) is 15.7 Å². The van der Waals surface area contributed by atoms with Gasteiger partial charge in [0, 0.05) is 13.1 Å². The zero-order chi connectivity index (χ0) is 19.5. The summed E-state index contributed by atoms with van der Waals surface area (Å²) in [5, 5.41) is 21.8. The van der Waals surface area contributed by atoms with E-state index in [2.05, 4.69) is 12.2 Å². The Morgan fingerprint density at radius 3 is 2.46 bits per heavy atom. The fourth-order valence-corrected chi connectivity index (χ4v) is 3.31. The van der Waals surface area contributed by atoms with Gasteiger partial charge in [-0.15, -0.1) is 0 Å². The predicted molar refractivity (Wildman–Crippen MR) is 96.2 cm³/mol. The molecule has 150 valence electrons. The summed E-state index contributed by atoms with van der Waals surface area (Å²) in [7, 11) is 0. The van der Waals surface area contributed by atoms with Crippen molar-refractivity contribution < 1.29 is 24.7 Å². The SMILES string of the molecule is CCCCCNC(=O)[C@@H]1CCCN1C(=O)[C@H](CCCC)[C@H](O)C(=O)NO. The summed E-state index contributed by atoms with van der Waals surface area (Å²) in [6.07, 6.45) is 4.45. The van der Waals surface area contributed by atoms with Crippen LogP contribution in [0.3, 0.4) is 0 Å². The van der Waals surface area contributed by atoms with E-state index in [-0.39, 0.29) is 5.91 Å². The monoisotopic (exact) mass is 371 g/mol. The van der Waals surface area contributed by atoms with Gasteiger partial charge in [0.2, 0.25) is 11.8 Å². The quantitative estimate of drug-likeness (QED) is 0.245. The van der Waals surface area contributed by atoms with Crippen LogP contribution in [0.4, 0.5) is 0 Å². The van der Waals surface area contributed by atoms with Gasteiger partial charge in [0.05, 0.1) is 5.92 Å². The summed E-state index contributed by atoms with van der Waals surface area (Å²) in [5.74, 6) is -2.54. The van der Waals surface area contributed by atoms with Crippen LogP contribution >= 0.6 is 0 Å². The molecule has 1 saturated heterocycles. The van der Waals surface area contributed by atoms with Crippen LogP contribution in [0.25, 0.3) is 0 Å². The highest BCUT2D eigenvalue weighted by Gasteiger charge is 2.40. The summed E-state index contributed by atoms with van der Waals surface area (Å²) in [6.45, 7) is 5.05. The molecular weight excluding hydrogens is 338 g/mol. The van der Waals surface area contributed by atoms with E-state index in [0.29, 0.717) is 38.8 Å². The maximum absolute atomic E-state index is 12.9. The Hall–Kier alpha value is -1.67. The lowest BCUT2D eigenvalue weighted by atomic mass is 9.93. The molecule has 1 fully saturated rings. The molecule has 0 unspecified atom stereocenters. The van der Waals surface area contributed by atoms with Crippen molar-refractivity contribution in [1.29, 1.82) is 0 Å². The Kier molecular flexibility index (Phi) is 10.2. The van der Waals surface area contributed by atoms with Crippen LogP contribution in [-0.4, -0.2) is 58.2 Å². The molecule has 26 heavy (non-hydrogen) atoms. The third-order valence-corrected chi connectivity index (χ3v) is 4.86. The number of amides is 3. The number of aliphatic hydroxyl groups is 1. The topological polar surface area (TPSA) is 119 Å². The minimum Gasteiger partial charge on any atom is -0.382 e. The number of unbranched alkanes of at least 4 members (excludes halogenated alkanes) is 3. The summed E-state index contributed by atoms with van der Waals surface area (Å²) in [4.78, 5) is 38.4. The highest BCUT2D eigenvalue weighted by atomic mass is 16.5. The molecule has 0 aliphatic carbocycles. The third-order valence-electron chi connectivity index (χ3n) is 4.86.